The molecule has 20 heavy (non-hydrogen) atoms. The van der Waals surface area contributed by atoms with Crippen LogP contribution in [-0.2, 0) is 6.42 Å². The van der Waals surface area contributed by atoms with Crippen molar-refractivity contribution in [1.29, 1.82) is 0 Å². The Balaban J connectivity index is 2.35. The number of nitrogens with two attached hydrogens (primary N) is 1. The zero-order valence-electron chi connectivity index (χ0n) is 11.7. The minimum atomic E-state index is 0.443. The predicted molar refractivity (Wildman–Crippen MR) is 80.1 cm³/mol. The van der Waals surface area contributed by atoms with Gasteiger partial charge in [-0.3, -0.25) is 0 Å². The largest absolute Gasteiger partial charge is 0.490 e. The van der Waals surface area contributed by atoms with Crippen molar-refractivity contribution in [1.82, 2.24) is 9.97 Å². The highest BCUT2D eigenvalue weighted by atomic mass is 16.5. The molecule has 6 heteroatoms. The summed E-state index contributed by atoms with van der Waals surface area (Å²) in [5, 5.41) is 3.28. The fourth-order valence-corrected chi connectivity index (χ4v) is 2.02. The number of anilines is 3. The van der Waals surface area contributed by atoms with Crippen LogP contribution in [0.3, 0.4) is 0 Å². The zero-order valence-corrected chi connectivity index (χ0v) is 11.7. The third-order valence-electron chi connectivity index (χ3n) is 2.93. The van der Waals surface area contributed by atoms with E-state index in [1.807, 2.05) is 18.2 Å². The normalized spacial score (nSPS) is 10.2. The molecule has 0 radical (unpaired) electrons. The summed E-state index contributed by atoms with van der Waals surface area (Å²) >= 11 is 0. The van der Waals surface area contributed by atoms with E-state index in [1.54, 1.807) is 7.11 Å². The second-order valence-corrected chi connectivity index (χ2v) is 4.28. The van der Waals surface area contributed by atoms with Crippen LogP contribution in [-0.4, -0.2) is 17.1 Å². The number of hydrogen-bond donors (Lipinski definition) is 3. The molecule has 2 rings (SSSR count). The fourth-order valence-electron chi connectivity index (χ4n) is 2.02. The lowest BCUT2D eigenvalue weighted by atomic mass is 10.1. The average Bonchev–Trinajstić information content (AvgIpc) is 2.49. The lowest BCUT2D eigenvalue weighted by Gasteiger charge is -2.14. The van der Waals surface area contributed by atoms with E-state index in [1.165, 1.54) is 11.9 Å². The Hall–Kier alpha value is -2.34. The van der Waals surface area contributed by atoms with Gasteiger partial charge in [-0.05, 0) is 18.1 Å². The zero-order chi connectivity index (χ0) is 14.4. The van der Waals surface area contributed by atoms with E-state index in [-0.39, 0.29) is 0 Å². The molecule has 1 heterocycles. The number of methoxy groups -OCH3 is 1. The summed E-state index contributed by atoms with van der Waals surface area (Å²) in [6.45, 7) is 2.15. The number of benzene rings is 1. The van der Waals surface area contributed by atoms with Crippen molar-refractivity contribution >= 4 is 17.3 Å². The summed E-state index contributed by atoms with van der Waals surface area (Å²) in [5.74, 6) is 6.93. The van der Waals surface area contributed by atoms with Crippen LogP contribution in [0.1, 0.15) is 18.9 Å². The van der Waals surface area contributed by atoms with Crippen LogP contribution in [0.25, 0.3) is 0 Å². The van der Waals surface area contributed by atoms with Gasteiger partial charge in [0, 0.05) is 5.69 Å². The van der Waals surface area contributed by atoms with Crippen molar-refractivity contribution in [2.75, 3.05) is 17.9 Å². The van der Waals surface area contributed by atoms with Crippen LogP contribution < -0.4 is 21.3 Å². The molecular weight excluding hydrogens is 254 g/mol. The van der Waals surface area contributed by atoms with Gasteiger partial charge >= 0.3 is 0 Å². The molecule has 0 aliphatic rings. The van der Waals surface area contributed by atoms with E-state index < -0.39 is 0 Å². The SMILES string of the molecule is CCCc1ccccc1Nc1ncnc(NN)c1OC. The molecule has 0 aliphatic carbocycles. The molecule has 0 saturated heterocycles. The first-order chi connectivity index (χ1) is 9.80. The van der Waals surface area contributed by atoms with Gasteiger partial charge in [-0.2, -0.15) is 0 Å². The molecule has 6 nitrogen and oxygen atoms in total. The van der Waals surface area contributed by atoms with Gasteiger partial charge in [-0.25, -0.2) is 15.8 Å². The van der Waals surface area contributed by atoms with E-state index in [0.717, 1.165) is 18.5 Å². The second-order valence-electron chi connectivity index (χ2n) is 4.28. The van der Waals surface area contributed by atoms with Gasteiger partial charge in [-0.1, -0.05) is 31.5 Å². The molecule has 0 unspecified atom stereocenters. The second kappa shape index (κ2) is 6.72. The molecule has 0 amide bonds. The molecule has 1 aromatic heterocycles. The Labute approximate surface area is 118 Å². The highest BCUT2D eigenvalue weighted by molar-refractivity contribution is 5.70. The van der Waals surface area contributed by atoms with Crippen LogP contribution in [0.2, 0.25) is 0 Å². The van der Waals surface area contributed by atoms with E-state index in [4.69, 9.17) is 10.6 Å². The Bertz CT molecular complexity index is 573. The molecule has 4 N–H and O–H groups in total. The van der Waals surface area contributed by atoms with Gasteiger partial charge in [0.2, 0.25) is 5.75 Å². The van der Waals surface area contributed by atoms with Crippen molar-refractivity contribution in [2.24, 2.45) is 5.84 Å². The van der Waals surface area contributed by atoms with E-state index in [9.17, 15) is 0 Å². The molecule has 0 fully saturated rings. The molecular formula is C14H19N5O. The number of para-hydroxylation sites is 1. The van der Waals surface area contributed by atoms with Gasteiger partial charge in [0.15, 0.2) is 11.6 Å². The Morgan fingerprint density at radius 2 is 1.95 bits per heavy atom. The Kier molecular flexibility index (Phi) is 4.73. The van der Waals surface area contributed by atoms with Gasteiger partial charge in [-0.15, -0.1) is 0 Å². The third kappa shape index (κ3) is 2.97. The van der Waals surface area contributed by atoms with Crippen molar-refractivity contribution in [3.05, 3.63) is 36.2 Å². The van der Waals surface area contributed by atoms with Crippen LogP contribution >= 0.6 is 0 Å². The first kappa shape index (κ1) is 14.1. The number of hydrogen-bond acceptors (Lipinski definition) is 6. The third-order valence-corrected chi connectivity index (χ3v) is 2.93. The summed E-state index contributed by atoms with van der Waals surface area (Å²) < 4.78 is 5.31. The quantitative estimate of drug-likeness (QED) is 0.554. The monoisotopic (exact) mass is 273 g/mol. The van der Waals surface area contributed by atoms with Crippen LogP contribution in [0.4, 0.5) is 17.3 Å². The number of hydrazine groups is 1. The average molecular weight is 273 g/mol. The van der Waals surface area contributed by atoms with Crippen molar-refractivity contribution < 1.29 is 4.74 Å². The Morgan fingerprint density at radius 1 is 1.20 bits per heavy atom. The number of aromatic nitrogens is 2. The number of aryl methyl sites for hydroxylation is 1. The highest BCUT2D eigenvalue weighted by Crippen LogP contribution is 2.31. The first-order valence-electron chi connectivity index (χ1n) is 6.50. The minimum absolute atomic E-state index is 0.443. The molecule has 1 aromatic carbocycles. The smallest absolute Gasteiger partial charge is 0.205 e. The van der Waals surface area contributed by atoms with E-state index in [2.05, 4.69) is 33.7 Å². The van der Waals surface area contributed by atoms with Gasteiger partial charge in [0.1, 0.15) is 6.33 Å². The van der Waals surface area contributed by atoms with Crippen molar-refractivity contribution in [3.8, 4) is 5.75 Å². The first-order valence-corrected chi connectivity index (χ1v) is 6.50. The van der Waals surface area contributed by atoms with Crippen molar-refractivity contribution in [2.45, 2.75) is 19.8 Å². The topological polar surface area (TPSA) is 85.1 Å². The maximum atomic E-state index is 5.42. The summed E-state index contributed by atoms with van der Waals surface area (Å²) in [6.07, 6.45) is 3.51. The molecule has 2 aromatic rings. The predicted octanol–water partition coefficient (Wildman–Crippen LogP) is 2.47. The van der Waals surface area contributed by atoms with Gasteiger partial charge < -0.3 is 15.5 Å². The van der Waals surface area contributed by atoms with E-state index >= 15 is 0 Å². The molecule has 0 saturated carbocycles. The molecule has 0 bridgehead atoms. The van der Waals surface area contributed by atoms with Crippen LogP contribution in [0.15, 0.2) is 30.6 Å². The number of rotatable bonds is 6. The standard InChI is InChI=1S/C14H19N5O/c1-3-6-10-7-4-5-8-11(10)18-13-12(20-2)14(19-15)17-9-16-13/h4-5,7-9H,3,6,15H2,1-2H3,(H2,16,17,18,19). The fraction of sp³-hybridized carbons (Fsp3) is 0.286. The van der Waals surface area contributed by atoms with Crippen LogP contribution in [0, 0.1) is 0 Å². The molecule has 0 aliphatic heterocycles. The maximum Gasteiger partial charge on any atom is 0.205 e. The highest BCUT2D eigenvalue weighted by Gasteiger charge is 2.12. The molecule has 0 spiro atoms. The lowest BCUT2D eigenvalue weighted by molar-refractivity contribution is 0.415. The number of ether oxygens (including phenoxy) is 1. The van der Waals surface area contributed by atoms with Gasteiger partial charge in [0.25, 0.3) is 0 Å². The van der Waals surface area contributed by atoms with Crippen LogP contribution in [0.5, 0.6) is 5.75 Å². The summed E-state index contributed by atoms with van der Waals surface area (Å²) in [6, 6.07) is 8.13. The number of nitrogen functional groups attached to an aromatic ring is 1. The van der Waals surface area contributed by atoms with E-state index in [0.29, 0.717) is 17.4 Å². The summed E-state index contributed by atoms with van der Waals surface area (Å²) in [7, 11) is 1.56. The maximum absolute atomic E-state index is 5.42. The summed E-state index contributed by atoms with van der Waals surface area (Å²) in [4.78, 5) is 8.23. The summed E-state index contributed by atoms with van der Waals surface area (Å²) in [5.41, 5.74) is 4.74. The van der Waals surface area contributed by atoms with Crippen molar-refractivity contribution in [3.63, 3.8) is 0 Å². The lowest BCUT2D eigenvalue weighted by Crippen LogP contribution is -2.11. The molecule has 0 atom stereocenters. The molecule has 106 valence electrons. The Morgan fingerprint density at radius 3 is 2.65 bits per heavy atom. The number of nitrogens with one attached hydrogen (secondary N) is 2. The minimum Gasteiger partial charge on any atom is -0.490 e. The van der Waals surface area contributed by atoms with Gasteiger partial charge in [0.05, 0.1) is 7.11 Å². The number of nitrogens with zero attached hydrogens (tertiary/aromatic N) is 2.